The smallest absolute Gasteiger partial charge is 0.232 e. The lowest BCUT2D eigenvalue weighted by Gasteiger charge is -2.50. The molecule has 3 rings (SSSR count). The maximum atomic E-state index is 12.3. The SMILES string of the molecule is [B]N1C(C)C(C)[CH]C2(C)OC3C(C(=O)N(C)C3O)C12. The minimum absolute atomic E-state index is 0.0863. The first-order valence-electron chi connectivity index (χ1n) is 6.79. The fourth-order valence-electron chi connectivity index (χ4n) is 3.89. The molecule has 3 aliphatic rings. The third-order valence-electron chi connectivity index (χ3n) is 5.14. The number of ether oxygens (including phenoxy) is 1. The van der Waals surface area contributed by atoms with E-state index in [4.69, 9.17) is 12.7 Å². The summed E-state index contributed by atoms with van der Waals surface area (Å²) < 4.78 is 6.03. The summed E-state index contributed by atoms with van der Waals surface area (Å²) in [7, 11) is 7.83. The third kappa shape index (κ3) is 1.57. The Kier molecular flexibility index (Phi) is 2.79. The molecule has 0 aromatic heterocycles. The van der Waals surface area contributed by atoms with Gasteiger partial charge in [0.15, 0.2) is 14.2 Å². The Morgan fingerprint density at radius 2 is 2.11 bits per heavy atom. The van der Waals surface area contributed by atoms with Crippen LogP contribution < -0.4 is 0 Å². The van der Waals surface area contributed by atoms with E-state index in [9.17, 15) is 9.90 Å². The van der Waals surface area contributed by atoms with Gasteiger partial charge in [-0.25, -0.2) is 0 Å². The zero-order chi connectivity index (χ0) is 14.1. The molecule has 6 heteroatoms. The molecule has 0 aliphatic carbocycles. The van der Waals surface area contributed by atoms with Gasteiger partial charge in [0.2, 0.25) is 5.91 Å². The fraction of sp³-hybridized carbons (Fsp3) is 0.846. The number of likely N-dealkylation sites (tertiary alicyclic amines) is 1. The van der Waals surface area contributed by atoms with E-state index in [-0.39, 0.29) is 29.8 Å². The molecule has 3 aliphatic heterocycles. The Morgan fingerprint density at radius 1 is 1.47 bits per heavy atom. The van der Waals surface area contributed by atoms with Gasteiger partial charge in [-0.1, -0.05) is 13.8 Å². The second-order valence-electron chi connectivity index (χ2n) is 6.31. The van der Waals surface area contributed by atoms with Crippen LogP contribution in [0.2, 0.25) is 0 Å². The number of nitrogens with zero attached hydrogens (tertiary/aromatic N) is 2. The summed E-state index contributed by atoms with van der Waals surface area (Å²) in [5.74, 6) is -0.201. The highest BCUT2D eigenvalue weighted by molar-refractivity contribution is 6.05. The molecule has 7 atom stereocenters. The van der Waals surface area contributed by atoms with Crippen molar-refractivity contribution in [2.45, 2.75) is 50.8 Å². The number of likely N-dealkylation sites (N-methyl/N-ethyl adjacent to an activating group) is 1. The van der Waals surface area contributed by atoms with Gasteiger partial charge in [0.1, 0.15) is 6.10 Å². The number of rotatable bonds is 0. The monoisotopic (exact) mass is 263 g/mol. The lowest BCUT2D eigenvalue weighted by atomic mass is 9.72. The zero-order valence-electron chi connectivity index (χ0n) is 11.8. The van der Waals surface area contributed by atoms with Crippen LogP contribution in [-0.2, 0) is 9.53 Å². The Bertz CT molecular complexity index is 421. The maximum Gasteiger partial charge on any atom is 0.232 e. The van der Waals surface area contributed by atoms with Crippen molar-refractivity contribution >= 4 is 13.9 Å². The highest BCUT2D eigenvalue weighted by Crippen LogP contribution is 2.50. The predicted octanol–water partition coefficient (Wildman–Crippen LogP) is -0.453. The first-order chi connectivity index (χ1) is 8.78. The van der Waals surface area contributed by atoms with Gasteiger partial charge in [-0.3, -0.25) is 4.79 Å². The second kappa shape index (κ2) is 3.96. The van der Waals surface area contributed by atoms with Crippen LogP contribution in [0.15, 0.2) is 0 Å². The first kappa shape index (κ1) is 13.4. The van der Waals surface area contributed by atoms with Gasteiger partial charge in [-0.05, 0) is 25.3 Å². The van der Waals surface area contributed by atoms with E-state index in [1.165, 1.54) is 4.90 Å². The predicted molar refractivity (Wildman–Crippen MR) is 69.9 cm³/mol. The number of fused-ring (bicyclic) bond motifs is 3. The molecule has 3 saturated heterocycles. The highest BCUT2D eigenvalue weighted by Gasteiger charge is 2.65. The molecule has 3 heterocycles. The van der Waals surface area contributed by atoms with Gasteiger partial charge in [0, 0.05) is 13.1 Å². The van der Waals surface area contributed by atoms with Gasteiger partial charge in [0.05, 0.1) is 11.5 Å². The summed E-state index contributed by atoms with van der Waals surface area (Å²) in [6.07, 6.45) is 0.754. The Balaban J connectivity index is 1.99. The standard InChI is InChI=1S/C13H20BN2O3/c1-6-5-13(3)10(16(14)7(6)2)8-9(19-13)12(18)15(4)11(8)17/h5-10,12,18H,1-4H3. The number of aliphatic hydroxyl groups is 1. The molecule has 0 saturated carbocycles. The number of piperidine rings is 1. The molecule has 0 bridgehead atoms. The minimum Gasteiger partial charge on any atom is -0.371 e. The molecule has 19 heavy (non-hydrogen) atoms. The van der Waals surface area contributed by atoms with Crippen molar-refractivity contribution in [2.24, 2.45) is 11.8 Å². The zero-order valence-corrected chi connectivity index (χ0v) is 11.8. The summed E-state index contributed by atoms with van der Waals surface area (Å²) in [4.78, 5) is 15.4. The van der Waals surface area contributed by atoms with Crippen molar-refractivity contribution in [3.05, 3.63) is 6.42 Å². The Morgan fingerprint density at radius 3 is 2.74 bits per heavy atom. The average molecular weight is 263 g/mol. The number of amides is 1. The number of hydrogen-bond donors (Lipinski definition) is 1. The lowest BCUT2D eigenvalue weighted by Crippen LogP contribution is -2.61. The van der Waals surface area contributed by atoms with Crippen molar-refractivity contribution in [3.63, 3.8) is 0 Å². The molecule has 0 spiro atoms. The van der Waals surface area contributed by atoms with E-state index in [1.54, 1.807) is 11.9 Å². The van der Waals surface area contributed by atoms with E-state index in [2.05, 4.69) is 13.3 Å². The van der Waals surface area contributed by atoms with E-state index < -0.39 is 17.9 Å². The first-order valence-corrected chi connectivity index (χ1v) is 6.79. The normalized spacial score (nSPS) is 54.4. The number of carbonyl (C=O) groups excluding carboxylic acids is 1. The minimum atomic E-state index is -0.882. The third-order valence-corrected chi connectivity index (χ3v) is 5.14. The van der Waals surface area contributed by atoms with Crippen molar-refractivity contribution in [1.29, 1.82) is 0 Å². The molecule has 1 amide bonds. The summed E-state index contributed by atoms with van der Waals surface area (Å²) in [5, 5.41) is 10.1. The van der Waals surface area contributed by atoms with Crippen LogP contribution in [0.25, 0.3) is 0 Å². The molecule has 3 fully saturated rings. The topological polar surface area (TPSA) is 53.0 Å². The van der Waals surface area contributed by atoms with E-state index in [1.807, 2.05) is 13.8 Å². The summed E-state index contributed by atoms with van der Waals surface area (Å²) in [6, 6.07) is -0.0629. The van der Waals surface area contributed by atoms with Gasteiger partial charge < -0.3 is 19.6 Å². The van der Waals surface area contributed by atoms with Crippen molar-refractivity contribution in [3.8, 4) is 0 Å². The van der Waals surface area contributed by atoms with Crippen molar-refractivity contribution in [2.75, 3.05) is 7.05 Å². The lowest BCUT2D eigenvalue weighted by molar-refractivity contribution is -0.143. The molecular formula is C13H20BN2O3. The van der Waals surface area contributed by atoms with Gasteiger partial charge in [-0.2, -0.15) is 0 Å². The largest absolute Gasteiger partial charge is 0.371 e. The number of hydrogen-bond acceptors (Lipinski definition) is 4. The van der Waals surface area contributed by atoms with Crippen molar-refractivity contribution in [1.82, 2.24) is 9.71 Å². The fourth-order valence-corrected chi connectivity index (χ4v) is 3.89. The van der Waals surface area contributed by atoms with Crippen molar-refractivity contribution < 1.29 is 14.6 Å². The Labute approximate surface area is 115 Å². The number of aliphatic hydroxyl groups excluding tert-OH is 1. The highest BCUT2D eigenvalue weighted by atomic mass is 16.5. The number of carbonyl (C=O) groups is 1. The maximum absolute atomic E-state index is 12.3. The summed E-state index contributed by atoms with van der Waals surface area (Å²) in [5.41, 5.74) is -0.575. The van der Waals surface area contributed by atoms with Gasteiger partial charge in [-0.15, -0.1) is 0 Å². The molecule has 1 N–H and O–H groups in total. The molecule has 0 aromatic rings. The summed E-state index contributed by atoms with van der Waals surface area (Å²) in [6.45, 7) is 6.10. The van der Waals surface area contributed by atoms with Crippen LogP contribution in [-0.4, -0.2) is 65.8 Å². The Hall–Kier alpha value is -0.585. The van der Waals surface area contributed by atoms with Crippen LogP contribution in [0.1, 0.15) is 20.8 Å². The van der Waals surface area contributed by atoms with E-state index in [0.717, 1.165) is 0 Å². The molecule has 3 radical (unpaired) electrons. The van der Waals surface area contributed by atoms with Crippen LogP contribution in [0, 0.1) is 18.3 Å². The van der Waals surface area contributed by atoms with Crippen LogP contribution >= 0.6 is 0 Å². The molecule has 0 aromatic carbocycles. The van der Waals surface area contributed by atoms with Gasteiger partial charge >= 0.3 is 0 Å². The molecule has 5 nitrogen and oxygen atoms in total. The quantitative estimate of drug-likeness (QED) is 0.601. The van der Waals surface area contributed by atoms with Gasteiger partial charge in [0.25, 0.3) is 0 Å². The van der Waals surface area contributed by atoms with Crippen LogP contribution in [0.4, 0.5) is 0 Å². The van der Waals surface area contributed by atoms with E-state index >= 15 is 0 Å². The van der Waals surface area contributed by atoms with Crippen LogP contribution in [0.5, 0.6) is 0 Å². The second-order valence-corrected chi connectivity index (χ2v) is 6.31. The molecule has 103 valence electrons. The van der Waals surface area contributed by atoms with E-state index in [0.29, 0.717) is 0 Å². The summed E-state index contributed by atoms with van der Waals surface area (Å²) >= 11 is 0. The molecular weight excluding hydrogens is 243 g/mol. The van der Waals surface area contributed by atoms with Crippen LogP contribution in [0.3, 0.4) is 0 Å². The average Bonchev–Trinajstić information content (AvgIpc) is 2.75. The molecule has 7 unspecified atom stereocenters.